The number of hydrogen-bond donors (Lipinski definition) is 1. The van der Waals surface area contributed by atoms with Gasteiger partial charge in [0.25, 0.3) is 5.91 Å². The van der Waals surface area contributed by atoms with Crippen LogP contribution in [0.4, 0.5) is 29.1 Å². The molecule has 0 radical (unpaired) electrons. The van der Waals surface area contributed by atoms with Gasteiger partial charge < -0.3 is 10.2 Å². The van der Waals surface area contributed by atoms with Crippen molar-refractivity contribution in [2.24, 2.45) is 0 Å². The third-order valence-electron chi connectivity index (χ3n) is 5.00. The second-order valence-electron chi connectivity index (χ2n) is 6.96. The second kappa shape index (κ2) is 7.12. The number of nitrogens with one attached hydrogen (secondary N) is 1. The molecule has 1 N–H and O–H groups in total. The summed E-state index contributed by atoms with van der Waals surface area (Å²) in [6.45, 7) is 1.97. The zero-order valence-corrected chi connectivity index (χ0v) is 16.0. The van der Waals surface area contributed by atoms with E-state index in [1.54, 1.807) is 36.3 Å². The molecular formula is C20H17F4N5O. The second-order valence-corrected chi connectivity index (χ2v) is 6.96. The number of nitrogens with zero attached hydrogens (tertiary/aromatic N) is 4. The van der Waals surface area contributed by atoms with Crippen molar-refractivity contribution in [3.8, 4) is 11.1 Å². The maximum atomic E-state index is 14.1. The molecule has 1 atom stereocenters. The van der Waals surface area contributed by atoms with Crippen LogP contribution in [0.2, 0.25) is 0 Å². The summed E-state index contributed by atoms with van der Waals surface area (Å²) in [4.78, 5) is 18.7. The number of alkyl halides is 3. The molecule has 3 aromatic rings. The lowest BCUT2D eigenvalue weighted by molar-refractivity contribution is -0.139. The fraction of sp³-hybridized carbons (Fsp3) is 0.250. The van der Waals surface area contributed by atoms with Crippen molar-refractivity contribution in [1.82, 2.24) is 14.8 Å². The fourth-order valence-corrected chi connectivity index (χ4v) is 3.53. The van der Waals surface area contributed by atoms with Crippen molar-refractivity contribution in [3.05, 3.63) is 59.8 Å². The highest BCUT2D eigenvalue weighted by Crippen LogP contribution is 2.36. The Morgan fingerprint density at radius 1 is 1.20 bits per heavy atom. The number of rotatable bonds is 3. The van der Waals surface area contributed by atoms with E-state index in [0.29, 0.717) is 23.0 Å². The fourth-order valence-electron chi connectivity index (χ4n) is 3.53. The molecule has 0 unspecified atom stereocenters. The van der Waals surface area contributed by atoms with Crippen molar-refractivity contribution in [3.63, 3.8) is 0 Å². The van der Waals surface area contributed by atoms with Gasteiger partial charge in [0, 0.05) is 31.0 Å². The number of carbonyl (C=O) groups excluding carboxylic acids is 1. The molecule has 0 aliphatic carbocycles. The quantitative estimate of drug-likeness (QED) is 0.641. The van der Waals surface area contributed by atoms with Crippen molar-refractivity contribution in [2.75, 3.05) is 23.8 Å². The first kappa shape index (κ1) is 19.9. The molecule has 156 valence electrons. The van der Waals surface area contributed by atoms with Gasteiger partial charge in [-0.05, 0) is 42.8 Å². The Kier molecular flexibility index (Phi) is 4.71. The average Bonchev–Trinajstić information content (AvgIpc) is 3.16. The molecule has 10 heteroatoms. The first-order chi connectivity index (χ1) is 14.2. The van der Waals surface area contributed by atoms with Crippen LogP contribution in [0.1, 0.15) is 29.0 Å². The van der Waals surface area contributed by atoms with Crippen molar-refractivity contribution < 1.29 is 22.4 Å². The minimum atomic E-state index is -4.81. The van der Waals surface area contributed by atoms with E-state index in [1.807, 2.05) is 6.92 Å². The summed E-state index contributed by atoms with van der Waals surface area (Å²) in [5.41, 5.74) is 0.231. The molecule has 0 bridgehead atoms. The van der Waals surface area contributed by atoms with E-state index in [4.69, 9.17) is 0 Å². The molecule has 2 aromatic heterocycles. The first-order valence-electron chi connectivity index (χ1n) is 9.11. The number of amides is 1. The van der Waals surface area contributed by atoms with Crippen LogP contribution >= 0.6 is 0 Å². The summed E-state index contributed by atoms with van der Waals surface area (Å²) >= 11 is 0. The number of aromatic nitrogens is 3. The Bertz CT molecular complexity index is 1120. The Labute approximate surface area is 169 Å². The lowest BCUT2D eigenvalue weighted by Gasteiger charge is -2.32. The molecule has 1 amide bonds. The molecule has 1 aromatic carbocycles. The maximum Gasteiger partial charge on any atom is 0.419 e. The van der Waals surface area contributed by atoms with Crippen LogP contribution in [0.25, 0.3) is 11.1 Å². The number of benzene rings is 1. The summed E-state index contributed by atoms with van der Waals surface area (Å²) in [5, 5.41) is 7.24. The highest BCUT2D eigenvalue weighted by molar-refractivity contribution is 6.09. The van der Waals surface area contributed by atoms with Gasteiger partial charge in [-0.25, -0.2) is 9.37 Å². The maximum absolute atomic E-state index is 14.1. The predicted molar refractivity (Wildman–Crippen MR) is 103 cm³/mol. The largest absolute Gasteiger partial charge is 0.419 e. The molecule has 30 heavy (non-hydrogen) atoms. The van der Waals surface area contributed by atoms with Crippen LogP contribution in [0, 0.1) is 5.82 Å². The third-order valence-corrected chi connectivity index (χ3v) is 5.00. The normalized spacial score (nSPS) is 16.5. The van der Waals surface area contributed by atoms with Gasteiger partial charge in [-0.3, -0.25) is 9.48 Å². The summed E-state index contributed by atoms with van der Waals surface area (Å²) in [6, 6.07) is 5.72. The van der Waals surface area contributed by atoms with Gasteiger partial charge in [-0.2, -0.15) is 18.3 Å². The van der Waals surface area contributed by atoms with Crippen LogP contribution in [-0.2, 0) is 6.18 Å². The topological polar surface area (TPSA) is 63.1 Å². The van der Waals surface area contributed by atoms with Gasteiger partial charge in [-0.1, -0.05) is 0 Å². The van der Waals surface area contributed by atoms with E-state index in [-0.39, 0.29) is 24.0 Å². The summed E-state index contributed by atoms with van der Waals surface area (Å²) < 4.78 is 54.3. The molecule has 6 nitrogen and oxygen atoms in total. The average molecular weight is 419 g/mol. The minimum absolute atomic E-state index is 0.0568. The Morgan fingerprint density at radius 3 is 2.63 bits per heavy atom. The molecule has 0 spiro atoms. The minimum Gasteiger partial charge on any atom is -0.373 e. The monoisotopic (exact) mass is 419 g/mol. The van der Waals surface area contributed by atoms with Gasteiger partial charge in [-0.15, -0.1) is 0 Å². The molecule has 1 aliphatic rings. The lowest BCUT2D eigenvalue weighted by Crippen LogP contribution is -2.43. The van der Waals surface area contributed by atoms with E-state index >= 15 is 0 Å². The molecule has 4 rings (SSSR count). The van der Waals surface area contributed by atoms with Crippen molar-refractivity contribution >= 4 is 17.4 Å². The van der Waals surface area contributed by atoms with Crippen LogP contribution in [0.5, 0.6) is 0 Å². The number of carbonyl (C=O) groups is 1. The van der Waals surface area contributed by atoms with E-state index in [1.165, 1.54) is 4.90 Å². The third kappa shape index (κ3) is 3.27. The van der Waals surface area contributed by atoms with Crippen LogP contribution < -0.4 is 10.2 Å². The van der Waals surface area contributed by atoms with E-state index in [2.05, 4.69) is 15.4 Å². The van der Waals surface area contributed by atoms with Crippen LogP contribution in [0.15, 0.2) is 42.7 Å². The van der Waals surface area contributed by atoms with Crippen molar-refractivity contribution in [2.45, 2.75) is 19.1 Å². The molecule has 0 saturated carbocycles. The van der Waals surface area contributed by atoms with E-state index in [0.717, 1.165) is 12.1 Å². The molecule has 0 fully saturated rings. The van der Waals surface area contributed by atoms with Crippen molar-refractivity contribution in [1.29, 1.82) is 0 Å². The highest BCUT2D eigenvalue weighted by Gasteiger charge is 2.37. The Hall–Kier alpha value is -3.43. The standard InChI is InChI=1S/C20H17F4N5O/c1-11-10-28(13-3-4-15(16(21)8-13)20(22,23)24)19(30)18-14(9-27-29(11)18)12-5-6-26-17(7-12)25-2/h3-9,11H,10H2,1-2H3,(H,25,26)/t11-/m0/s1. The zero-order valence-electron chi connectivity index (χ0n) is 16.0. The smallest absolute Gasteiger partial charge is 0.373 e. The van der Waals surface area contributed by atoms with Crippen LogP contribution in [0.3, 0.4) is 0 Å². The summed E-state index contributed by atoms with van der Waals surface area (Å²) in [6.07, 6.45) is -1.65. The number of halogens is 4. The summed E-state index contributed by atoms with van der Waals surface area (Å²) in [7, 11) is 1.72. The zero-order chi connectivity index (χ0) is 21.6. The van der Waals surface area contributed by atoms with E-state index in [9.17, 15) is 22.4 Å². The number of anilines is 2. The predicted octanol–water partition coefficient (Wildman–Crippen LogP) is 4.37. The molecule has 1 aliphatic heterocycles. The van der Waals surface area contributed by atoms with Gasteiger partial charge >= 0.3 is 6.18 Å². The first-order valence-corrected chi connectivity index (χ1v) is 9.11. The number of pyridine rings is 1. The SMILES string of the molecule is CNc1cc(-c2cnn3c2C(=O)N(c2ccc(C(F)(F)F)c(F)c2)C[C@@H]3C)ccn1. The highest BCUT2D eigenvalue weighted by atomic mass is 19.4. The van der Waals surface area contributed by atoms with Gasteiger partial charge in [0.15, 0.2) is 0 Å². The molecular weight excluding hydrogens is 402 g/mol. The lowest BCUT2D eigenvalue weighted by atomic mass is 10.0. The Morgan fingerprint density at radius 2 is 1.97 bits per heavy atom. The Balaban J connectivity index is 1.77. The van der Waals surface area contributed by atoms with Gasteiger partial charge in [0.2, 0.25) is 0 Å². The van der Waals surface area contributed by atoms with Gasteiger partial charge in [0.1, 0.15) is 17.3 Å². The van der Waals surface area contributed by atoms with Gasteiger partial charge in [0.05, 0.1) is 17.8 Å². The molecule has 3 heterocycles. The molecule has 0 saturated heterocycles. The number of fused-ring (bicyclic) bond motifs is 1. The summed E-state index contributed by atoms with van der Waals surface area (Å²) in [5.74, 6) is -1.29. The van der Waals surface area contributed by atoms with Crippen LogP contribution in [-0.4, -0.2) is 34.3 Å². The number of hydrogen-bond acceptors (Lipinski definition) is 4. The van der Waals surface area contributed by atoms with E-state index < -0.39 is 23.5 Å².